The molecule has 1 aromatic carbocycles. The average Bonchev–Trinajstić information content (AvgIpc) is 2.66. The van der Waals surface area contributed by atoms with Crippen molar-refractivity contribution in [3.8, 4) is 11.5 Å². The second-order valence-corrected chi connectivity index (χ2v) is 3.70. The molecule has 2 N–H and O–H groups in total. The van der Waals surface area contributed by atoms with Crippen LogP contribution < -0.4 is 14.8 Å². The van der Waals surface area contributed by atoms with Crippen molar-refractivity contribution in [3.05, 3.63) is 22.7 Å². The van der Waals surface area contributed by atoms with Crippen LogP contribution in [-0.2, 0) is 4.79 Å². The van der Waals surface area contributed by atoms with Crippen LogP contribution in [0.4, 0.5) is 0 Å². The largest absolute Gasteiger partial charge is 0.480 e. The molecule has 6 heteroatoms. The Morgan fingerprint density at radius 2 is 2.31 bits per heavy atom. The van der Waals surface area contributed by atoms with Crippen LogP contribution in [0.1, 0.15) is 11.6 Å². The zero-order valence-electron chi connectivity index (χ0n) is 8.49. The van der Waals surface area contributed by atoms with E-state index >= 15 is 0 Å². The van der Waals surface area contributed by atoms with Crippen LogP contribution in [0.2, 0.25) is 5.02 Å². The molecule has 1 unspecified atom stereocenters. The molecule has 0 amide bonds. The molecule has 1 heterocycles. The van der Waals surface area contributed by atoms with Crippen LogP contribution in [-0.4, -0.2) is 24.9 Å². The summed E-state index contributed by atoms with van der Waals surface area (Å²) in [6, 6.07) is 2.36. The molecule has 0 fully saturated rings. The van der Waals surface area contributed by atoms with Crippen molar-refractivity contribution in [1.82, 2.24) is 5.32 Å². The third-order valence-corrected chi connectivity index (χ3v) is 2.60. The molecule has 1 aromatic rings. The van der Waals surface area contributed by atoms with E-state index < -0.39 is 12.0 Å². The number of ether oxygens (including phenoxy) is 2. The Labute approximate surface area is 96.9 Å². The van der Waals surface area contributed by atoms with Crippen molar-refractivity contribution in [3.63, 3.8) is 0 Å². The Morgan fingerprint density at radius 3 is 2.94 bits per heavy atom. The number of hydrogen-bond donors (Lipinski definition) is 2. The standard InChI is InChI=1S/C10H10ClNO4/c1-12-8(10(13)14)5-2-6(11)9-7(3-5)15-4-16-9/h2-3,8,12H,4H2,1H3,(H,13,14). The monoisotopic (exact) mass is 243 g/mol. The van der Waals surface area contributed by atoms with Gasteiger partial charge in [-0.3, -0.25) is 4.79 Å². The maximum absolute atomic E-state index is 11.0. The van der Waals surface area contributed by atoms with E-state index in [2.05, 4.69) is 5.32 Å². The van der Waals surface area contributed by atoms with Gasteiger partial charge in [0.2, 0.25) is 6.79 Å². The lowest BCUT2D eigenvalue weighted by Crippen LogP contribution is -2.24. The molecule has 2 rings (SSSR count). The third kappa shape index (κ3) is 1.79. The van der Waals surface area contributed by atoms with E-state index in [1.165, 1.54) is 0 Å². The first-order chi connectivity index (χ1) is 7.63. The number of likely N-dealkylation sites (N-methyl/N-ethyl adjacent to an activating group) is 1. The van der Waals surface area contributed by atoms with E-state index in [1.807, 2.05) is 0 Å². The number of carboxylic acids is 1. The zero-order chi connectivity index (χ0) is 11.7. The Bertz CT molecular complexity index is 435. The SMILES string of the molecule is CNC(C(=O)O)c1cc(Cl)c2c(c1)OCO2. The number of halogens is 1. The van der Waals surface area contributed by atoms with Crippen molar-refractivity contribution in [2.45, 2.75) is 6.04 Å². The number of carbonyl (C=O) groups is 1. The minimum atomic E-state index is -0.975. The summed E-state index contributed by atoms with van der Waals surface area (Å²) in [6.45, 7) is 0.107. The number of nitrogens with one attached hydrogen (secondary N) is 1. The second kappa shape index (κ2) is 4.19. The van der Waals surface area contributed by atoms with Crippen LogP contribution in [0.3, 0.4) is 0 Å². The number of hydrogen-bond acceptors (Lipinski definition) is 4. The van der Waals surface area contributed by atoms with Gasteiger partial charge in [0, 0.05) is 0 Å². The van der Waals surface area contributed by atoms with Crippen LogP contribution in [0.25, 0.3) is 0 Å². The first-order valence-corrected chi connectivity index (χ1v) is 5.00. The van der Waals surface area contributed by atoms with Crippen LogP contribution >= 0.6 is 11.6 Å². The van der Waals surface area contributed by atoms with Crippen molar-refractivity contribution in [2.75, 3.05) is 13.8 Å². The Balaban J connectivity index is 2.43. The lowest BCUT2D eigenvalue weighted by molar-refractivity contribution is -0.139. The highest BCUT2D eigenvalue weighted by atomic mass is 35.5. The number of benzene rings is 1. The number of carboxylic acid groups (broad SMARTS) is 1. The highest BCUT2D eigenvalue weighted by Crippen LogP contribution is 2.40. The molecule has 86 valence electrons. The van der Waals surface area contributed by atoms with E-state index in [0.29, 0.717) is 22.1 Å². The third-order valence-electron chi connectivity index (χ3n) is 2.32. The Morgan fingerprint density at radius 1 is 1.56 bits per heavy atom. The first kappa shape index (κ1) is 11.0. The first-order valence-electron chi connectivity index (χ1n) is 4.62. The Hall–Kier alpha value is -1.46. The van der Waals surface area contributed by atoms with E-state index in [4.69, 9.17) is 26.2 Å². The molecule has 16 heavy (non-hydrogen) atoms. The van der Waals surface area contributed by atoms with Gasteiger partial charge < -0.3 is 19.9 Å². The van der Waals surface area contributed by atoms with E-state index in [1.54, 1.807) is 19.2 Å². The second-order valence-electron chi connectivity index (χ2n) is 3.30. The minimum Gasteiger partial charge on any atom is -0.480 e. The fraction of sp³-hybridized carbons (Fsp3) is 0.300. The summed E-state index contributed by atoms with van der Waals surface area (Å²) in [6.07, 6.45) is 0. The van der Waals surface area contributed by atoms with Gasteiger partial charge in [0.1, 0.15) is 6.04 Å². The zero-order valence-corrected chi connectivity index (χ0v) is 9.25. The van der Waals surface area contributed by atoms with Gasteiger partial charge >= 0.3 is 5.97 Å². The number of aliphatic carboxylic acids is 1. The van der Waals surface area contributed by atoms with Gasteiger partial charge in [-0.1, -0.05) is 11.6 Å². The quantitative estimate of drug-likeness (QED) is 0.840. The highest BCUT2D eigenvalue weighted by molar-refractivity contribution is 6.32. The summed E-state index contributed by atoms with van der Waals surface area (Å²) < 4.78 is 10.3. The number of fused-ring (bicyclic) bond motifs is 1. The highest BCUT2D eigenvalue weighted by Gasteiger charge is 2.24. The molecule has 0 spiro atoms. The predicted molar refractivity (Wildman–Crippen MR) is 57.0 cm³/mol. The van der Waals surface area contributed by atoms with Crippen molar-refractivity contribution < 1.29 is 19.4 Å². The van der Waals surface area contributed by atoms with Crippen LogP contribution in [0.15, 0.2) is 12.1 Å². The summed E-state index contributed by atoms with van der Waals surface area (Å²) in [5, 5.41) is 12.0. The van der Waals surface area contributed by atoms with E-state index in [-0.39, 0.29) is 6.79 Å². The van der Waals surface area contributed by atoms with Crippen molar-refractivity contribution in [2.24, 2.45) is 0 Å². The lowest BCUT2D eigenvalue weighted by Gasteiger charge is -2.12. The maximum Gasteiger partial charge on any atom is 0.325 e. The number of rotatable bonds is 3. The van der Waals surface area contributed by atoms with Gasteiger partial charge in [0.05, 0.1) is 5.02 Å². The molecule has 0 aromatic heterocycles. The summed E-state index contributed by atoms with van der Waals surface area (Å²) in [4.78, 5) is 11.0. The molecular weight excluding hydrogens is 234 g/mol. The van der Waals surface area contributed by atoms with E-state index in [9.17, 15) is 4.79 Å². The van der Waals surface area contributed by atoms with Gasteiger partial charge in [0.15, 0.2) is 11.5 Å². The summed E-state index contributed by atoms with van der Waals surface area (Å²) in [5.74, 6) is -0.0351. The summed E-state index contributed by atoms with van der Waals surface area (Å²) in [7, 11) is 1.57. The molecule has 0 saturated heterocycles. The molecule has 0 aliphatic carbocycles. The maximum atomic E-state index is 11.0. The minimum absolute atomic E-state index is 0.107. The molecular formula is C10H10ClNO4. The topological polar surface area (TPSA) is 67.8 Å². The normalized spacial score (nSPS) is 14.9. The van der Waals surface area contributed by atoms with E-state index in [0.717, 1.165) is 0 Å². The van der Waals surface area contributed by atoms with Gasteiger partial charge in [-0.05, 0) is 24.7 Å². The van der Waals surface area contributed by atoms with Crippen molar-refractivity contribution >= 4 is 17.6 Å². The molecule has 1 aliphatic rings. The van der Waals surface area contributed by atoms with Crippen molar-refractivity contribution in [1.29, 1.82) is 0 Å². The van der Waals surface area contributed by atoms with Gasteiger partial charge in [-0.2, -0.15) is 0 Å². The summed E-state index contributed by atoms with van der Waals surface area (Å²) >= 11 is 5.95. The fourth-order valence-corrected chi connectivity index (χ4v) is 1.86. The smallest absolute Gasteiger partial charge is 0.325 e. The summed E-state index contributed by atoms with van der Waals surface area (Å²) in [5.41, 5.74) is 0.532. The van der Waals surface area contributed by atoms with Crippen LogP contribution in [0, 0.1) is 0 Å². The average molecular weight is 244 g/mol. The van der Waals surface area contributed by atoms with Gasteiger partial charge in [0.25, 0.3) is 0 Å². The molecule has 1 aliphatic heterocycles. The lowest BCUT2D eigenvalue weighted by atomic mass is 10.1. The van der Waals surface area contributed by atoms with Gasteiger partial charge in [-0.15, -0.1) is 0 Å². The molecule has 0 radical (unpaired) electrons. The molecule has 1 atom stereocenters. The van der Waals surface area contributed by atoms with Gasteiger partial charge in [-0.25, -0.2) is 0 Å². The molecule has 0 saturated carbocycles. The molecule has 0 bridgehead atoms. The fourth-order valence-electron chi connectivity index (χ4n) is 1.59. The Kier molecular flexibility index (Phi) is 2.89. The van der Waals surface area contributed by atoms with Crippen LogP contribution in [0.5, 0.6) is 11.5 Å². The predicted octanol–water partition coefficient (Wildman–Crippen LogP) is 1.41. The molecule has 5 nitrogen and oxygen atoms in total.